The maximum atomic E-state index is 12.6. The van der Waals surface area contributed by atoms with Gasteiger partial charge in [-0.25, -0.2) is 4.79 Å². The third kappa shape index (κ3) is 5.85. The van der Waals surface area contributed by atoms with Crippen LogP contribution in [0.3, 0.4) is 0 Å². The van der Waals surface area contributed by atoms with E-state index >= 15 is 0 Å². The Morgan fingerprint density at radius 2 is 1.88 bits per heavy atom. The molecule has 0 radical (unpaired) electrons. The highest BCUT2D eigenvalue weighted by Crippen LogP contribution is 2.12. The topological polar surface area (TPSA) is 84.7 Å². The van der Waals surface area contributed by atoms with Crippen molar-refractivity contribution >= 4 is 12.0 Å². The van der Waals surface area contributed by atoms with E-state index in [1.807, 2.05) is 35.2 Å². The molecule has 6 heteroatoms. The molecule has 1 heterocycles. The molecule has 6 nitrogen and oxygen atoms in total. The number of likely N-dealkylation sites (tertiary alicyclic amines) is 1. The molecule has 0 unspecified atom stereocenters. The molecule has 1 aliphatic heterocycles. The Labute approximate surface area is 143 Å². The fourth-order valence-corrected chi connectivity index (χ4v) is 2.82. The van der Waals surface area contributed by atoms with Crippen LogP contribution in [0.5, 0.6) is 0 Å². The second-order valence-corrected chi connectivity index (χ2v) is 6.08. The second kappa shape index (κ2) is 9.93. The number of alkyl carbamates (subject to hydrolysis) is 1. The number of amides is 2. The van der Waals surface area contributed by atoms with Crippen molar-refractivity contribution in [3.63, 3.8) is 0 Å². The van der Waals surface area contributed by atoms with E-state index in [1.54, 1.807) is 0 Å². The smallest absolute Gasteiger partial charge is 0.408 e. The van der Waals surface area contributed by atoms with E-state index in [9.17, 15) is 9.59 Å². The molecule has 0 bridgehead atoms. The van der Waals surface area contributed by atoms with Crippen molar-refractivity contribution in [3.8, 4) is 0 Å². The number of ether oxygens (including phenoxy) is 1. The standard InChI is InChI=1S/C18H27N3O3/c19-11-5-4-10-16(17(22)21-12-6-7-13-21)20-18(23)24-14-15-8-2-1-3-9-15/h1-3,8-9,16H,4-7,10-14,19H2,(H,20,23)/t16-/m0/s1. The molecule has 132 valence electrons. The number of rotatable bonds is 8. The number of hydrogen-bond donors (Lipinski definition) is 2. The minimum Gasteiger partial charge on any atom is -0.445 e. The molecular weight excluding hydrogens is 306 g/mol. The average molecular weight is 333 g/mol. The van der Waals surface area contributed by atoms with Gasteiger partial charge < -0.3 is 20.7 Å². The first-order valence-corrected chi connectivity index (χ1v) is 8.67. The van der Waals surface area contributed by atoms with Gasteiger partial charge in [0.1, 0.15) is 12.6 Å². The van der Waals surface area contributed by atoms with Gasteiger partial charge in [-0.1, -0.05) is 30.3 Å². The van der Waals surface area contributed by atoms with Crippen LogP contribution in [0.15, 0.2) is 30.3 Å². The number of carbonyl (C=O) groups excluding carboxylic acids is 2. The summed E-state index contributed by atoms with van der Waals surface area (Å²) < 4.78 is 5.23. The lowest BCUT2D eigenvalue weighted by Gasteiger charge is -2.23. The Kier molecular flexibility index (Phi) is 7.55. The van der Waals surface area contributed by atoms with Gasteiger partial charge in [0, 0.05) is 13.1 Å². The summed E-state index contributed by atoms with van der Waals surface area (Å²) in [6.45, 7) is 2.32. The summed E-state index contributed by atoms with van der Waals surface area (Å²) in [6, 6.07) is 8.94. The first kappa shape index (κ1) is 18.3. The minimum absolute atomic E-state index is 0.0128. The number of hydrogen-bond acceptors (Lipinski definition) is 4. The van der Waals surface area contributed by atoms with E-state index in [2.05, 4.69) is 5.32 Å². The molecule has 1 aliphatic rings. The molecule has 1 fully saturated rings. The van der Waals surface area contributed by atoms with Crippen molar-refractivity contribution in [2.45, 2.75) is 44.8 Å². The molecule has 0 aromatic heterocycles. The Bertz CT molecular complexity index is 516. The monoisotopic (exact) mass is 333 g/mol. The largest absolute Gasteiger partial charge is 0.445 e. The van der Waals surface area contributed by atoms with E-state index in [-0.39, 0.29) is 12.5 Å². The lowest BCUT2D eigenvalue weighted by molar-refractivity contribution is -0.132. The lowest BCUT2D eigenvalue weighted by atomic mass is 10.1. The van der Waals surface area contributed by atoms with Crippen molar-refractivity contribution in [3.05, 3.63) is 35.9 Å². The number of nitrogens with zero attached hydrogens (tertiary/aromatic N) is 1. The van der Waals surface area contributed by atoms with Crippen LogP contribution in [0.1, 0.15) is 37.7 Å². The quantitative estimate of drug-likeness (QED) is 0.713. The molecule has 1 aromatic carbocycles. The van der Waals surface area contributed by atoms with Gasteiger partial charge in [0.2, 0.25) is 5.91 Å². The van der Waals surface area contributed by atoms with Crippen molar-refractivity contribution < 1.29 is 14.3 Å². The highest BCUT2D eigenvalue weighted by molar-refractivity contribution is 5.85. The molecule has 2 rings (SSSR count). The van der Waals surface area contributed by atoms with Crippen LogP contribution in [0.4, 0.5) is 4.79 Å². The van der Waals surface area contributed by atoms with Crippen LogP contribution in [0.25, 0.3) is 0 Å². The minimum atomic E-state index is -0.552. The second-order valence-electron chi connectivity index (χ2n) is 6.08. The van der Waals surface area contributed by atoms with E-state index in [0.717, 1.165) is 44.3 Å². The number of nitrogens with two attached hydrogens (primary N) is 1. The zero-order chi connectivity index (χ0) is 17.2. The van der Waals surface area contributed by atoms with Crippen molar-refractivity contribution in [2.75, 3.05) is 19.6 Å². The number of carbonyl (C=O) groups is 2. The van der Waals surface area contributed by atoms with Crippen LogP contribution in [0, 0.1) is 0 Å². The van der Waals surface area contributed by atoms with Gasteiger partial charge in [-0.15, -0.1) is 0 Å². The molecule has 2 amide bonds. The summed E-state index contributed by atoms with van der Waals surface area (Å²) in [6.07, 6.45) is 3.74. The zero-order valence-electron chi connectivity index (χ0n) is 14.1. The van der Waals surface area contributed by atoms with Gasteiger partial charge in [-0.3, -0.25) is 4.79 Å². The number of benzene rings is 1. The summed E-state index contributed by atoms with van der Waals surface area (Å²) >= 11 is 0. The average Bonchev–Trinajstić information content (AvgIpc) is 3.14. The van der Waals surface area contributed by atoms with Gasteiger partial charge in [0.05, 0.1) is 0 Å². The Hall–Kier alpha value is -2.08. The van der Waals surface area contributed by atoms with Crippen LogP contribution in [0.2, 0.25) is 0 Å². The highest BCUT2D eigenvalue weighted by Gasteiger charge is 2.27. The molecule has 0 spiro atoms. The maximum Gasteiger partial charge on any atom is 0.408 e. The molecule has 1 atom stereocenters. The predicted octanol–water partition coefficient (Wildman–Crippen LogP) is 2.03. The summed E-state index contributed by atoms with van der Waals surface area (Å²) in [5.74, 6) is -0.0128. The van der Waals surface area contributed by atoms with Gasteiger partial charge in [0.15, 0.2) is 0 Å². The molecule has 0 saturated carbocycles. The zero-order valence-corrected chi connectivity index (χ0v) is 14.1. The Morgan fingerprint density at radius 1 is 1.17 bits per heavy atom. The number of nitrogens with one attached hydrogen (secondary N) is 1. The first-order chi connectivity index (χ1) is 11.7. The van der Waals surface area contributed by atoms with Crippen molar-refractivity contribution in [2.24, 2.45) is 5.73 Å². The molecule has 24 heavy (non-hydrogen) atoms. The van der Waals surface area contributed by atoms with Crippen molar-refractivity contribution in [1.82, 2.24) is 10.2 Å². The normalized spacial score (nSPS) is 15.1. The van der Waals surface area contributed by atoms with E-state index in [0.29, 0.717) is 13.0 Å². The Morgan fingerprint density at radius 3 is 2.54 bits per heavy atom. The van der Waals surface area contributed by atoms with Crippen LogP contribution >= 0.6 is 0 Å². The first-order valence-electron chi connectivity index (χ1n) is 8.67. The van der Waals surface area contributed by atoms with Gasteiger partial charge in [-0.05, 0) is 44.2 Å². The molecule has 1 aromatic rings. The summed E-state index contributed by atoms with van der Waals surface area (Å²) in [4.78, 5) is 26.4. The van der Waals surface area contributed by atoms with Crippen LogP contribution in [-0.4, -0.2) is 42.6 Å². The summed E-state index contributed by atoms with van der Waals surface area (Å²) in [5.41, 5.74) is 6.43. The molecule has 3 N–H and O–H groups in total. The fourth-order valence-electron chi connectivity index (χ4n) is 2.82. The molecular formula is C18H27N3O3. The van der Waals surface area contributed by atoms with Crippen molar-refractivity contribution in [1.29, 1.82) is 0 Å². The van der Waals surface area contributed by atoms with E-state index < -0.39 is 12.1 Å². The predicted molar refractivity (Wildman–Crippen MR) is 92.3 cm³/mol. The molecule has 0 aliphatic carbocycles. The fraction of sp³-hybridized carbons (Fsp3) is 0.556. The van der Waals surface area contributed by atoms with Crippen LogP contribution < -0.4 is 11.1 Å². The SMILES string of the molecule is NCCCC[C@H](NC(=O)OCc1ccccc1)C(=O)N1CCCC1. The lowest BCUT2D eigenvalue weighted by Crippen LogP contribution is -2.47. The van der Waals surface area contributed by atoms with Gasteiger partial charge in [0.25, 0.3) is 0 Å². The number of unbranched alkanes of at least 4 members (excludes halogenated alkanes) is 1. The van der Waals surface area contributed by atoms with E-state index in [4.69, 9.17) is 10.5 Å². The highest BCUT2D eigenvalue weighted by atomic mass is 16.5. The van der Waals surface area contributed by atoms with Crippen LogP contribution in [-0.2, 0) is 16.1 Å². The summed E-state index contributed by atoms with van der Waals surface area (Å²) in [5, 5.41) is 2.73. The van der Waals surface area contributed by atoms with E-state index in [1.165, 1.54) is 0 Å². The molecule has 1 saturated heterocycles. The third-order valence-electron chi connectivity index (χ3n) is 4.17. The van der Waals surface area contributed by atoms with Gasteiger partial charge in [-0.2, -0.15) is 0 Å². The maximum absolute atomic E-state index is 12.6. The summed E-state index contributed by atoms with van der Waals surface area (Å²) in [7, 11) is 0. The Balaban J connectivity index is 1.85. The third-order valence-corrected chi connectivity index (χ3v) is 4.17. The van der Waals surface area contributed by atoms with Gasteiger partial charge >= 0.3 is 6.09 Å².